The molecule has 1 heterocycles. The van der Waals surface area contributed by atoms with Gasteiger partial charge in [0.25, 0.3) is 0 Å². The van der Waals surface area contributed by atoms with Gasteiger partial charge in [-0.2, -0.15) is 0 Å². The first kappa shape index (κ1) is 47.2. The molecule has 0 aromatic heterocycles. The zero-order chi connectivity index (χ0) is 45.6. The van der Waals surface area contributed by atoms with E-state index in [-0.39, 0.29) is 65.1 Å². The molecule has 7 atom stereocenters. The van der Waals surface area contributed by atoms with E-state index in [1.54, 1.807) is 27.7 Å². The molecule has 0 spiro atoms. The van der Waals surface area contributed by atoms with Crippen LogP contribution in [-0.2, 0) is 47.7 Å². The van der Waals surface area contributed by atoms with Gasteiger partial charge in [-0.1, -0.05) is 39.7 Å². The summed E-state index contributed by atoms with van der Waals surface area (Å²) in [6.45, 7) is 23.3. The molecule has 11 aliphatic carbocycles. The number of hydrogen-bond donors (Lipinski definition) is 1. The average molecular weight is 875 g/mol. The van der Waals surface area contributed by atoms with Crippen LogP contribution in [0.4, 0.5) is 0 Å². The van der Waals surface area contributed by atoms with Crippen LogP contribution in [0.3, 0.4) is 0 Å². The van der Waals surface area contributed by atoms with Crippen LogP contribution < -0.4 is 0 Å². The largest absolute Gasteiger partial charge is 0.458 e. The SMILES string of the molecule is C=C(C)C(=O)OC1(CC)CCCCC1.C=C(C)C(=O)OC12CC3CC(CC(C3)C1)C2.C=C(C)C(=O)OC12CC3CC(CC(O)(C3)C1)C2.C=C(C)C(=O)OC1C2CC3C(=O)OC1C3C2. The number of hydrogen-bond acceptors (Lipinski definition) is 11. The lowest BCUT2D eigenvalue weighted by Crippen LogP contribution is -2.60. The molecule has 0 aromatic carbocycles. The van der Waals surface area contributed by atoms with Crippen LogP contribution in [0, 0.1) is 47.3 Å². The van der Waals surface area contributed by atoms with Gasteiger partial charge in [0.05, 0.1) is 11.5 Å². The predicted octanol–water partition coefficient (Wildman–Crippen LogP) is 9.54. The maximum Gasteiger partial charge on any atom is 0.333 e. The molecule has 1 N–H and O–H groups in total. The molecule has 10 bridgehead atoms. The molecule has 348 valence electrons. The van der Waals surface area contributed by atoms with Crippen LogP contribution in [0.1, 0.15) is 163 Å². The van der Waals surface area contributed by atoms with Crippen molar-refractivity contribution in [1.82, 2.24) is 0 Å². The van der Waals surface area contributed by atoms with Crippen LogP contribution in [-0.4, -0.2) is 69.6 Å². The molecule has 1 aliphatic heterocycles. The summed E-state index contributed by atoms with van der Waals surface area (Å²) in [5, 5.41) is 10.5. The molecule has 12 rings (SSSR count). The van der Waals surface area contributed by atoms with Crippen LogP contribution >= 0.6 is 0 Å². The van der Waals surface area contributed by atoms with E-state index in [1.165, 1.54) is 44.9 Å². The standard InChI is InChI=1S/C14H20O3.C14H20O2.C12H14O4.C12H20O2/c1-9(2)12(15)17-14-6-10-3-11(7-14)5-13(16,4-10)8-14;1-9(2)13(15)16-14-6-10-3-11(7-14)5-12(4-10)8-14;1-5(2)11(13)15-9-6-3-7-8(4-6)12(14)16-10(7)9;1-4-12(8-6-5-7-9-12)14-11(13)10(2)3/h10-11,16H,1,3-8H2,2H3;10-12H,1,3-8H2,2H3;6-10H,1,3-4H2,2H3;2,4-9H2,1,3H3. The Balaban J connectivity index is 0.000000126. The third-order valence-corrected chi connectivity index (χ3v) is 16.3. The van der Waals surface area contributed by atoms with Crippen molar-refractivity contribution in [2.75, 3.05) is 0 Å². The van der Waals surface area contributed by atoms with Gasteiger partial charge in [-0.25, -0.2) is 19.2 Å². The number of fused-ring (bicyclic) bond motifs is 1. The second kappa shape index (κ2) is 18.3. The van der Waals surface area contributed by atoms with Gasteiger partial charge < -0.3 is 28.8 Å². The number of carbonyl (C=O) groups is 5. The Morgan fingerprint density at radius 2 is 1.08 bits per heavy atom. The van der Waals surface area contributed by atoms with E-state index < -0.39 is 11.2 Å². The number of carbonyl (C=O) groups excluding carboxylic acids is 5. The molecule has 7 unspecified atom stereocenters. The maximum absolute atomic E-state index is 11.7. The molecule has 63 heavy (non-hydrogen) atoms. The second-order valence-corrected chi connectivity index (χ2v) is 22.1. The van der Waals surface area contributed by atoms with E-state index in [0.29, 0.717) is 46.5 Å². The van der Waals surface area contributed by atoms with E-state index in [9.17, 15) is 29.1 Å². The minimum atomic E-state index is -0.570. The monoisotopic (exact) mass is 875 g/mol. The molecule has 0 amide bonds. The van der Waals surface area contributed by atoms with E-state index in [1.807, 2.05) is 0 Å². The Morgan fingerprint density at radius 1 is 0.619 bits per heavy atom. The number of aliphatic hydroxyl groups is 1. The fourth-order valence-corrected chi connectivity index (χ4v) is 14.3. The van der Waals surface area contributed by atoms with Crippen molar-refractivity contribution < 1.29 is 52.8 Å². The first-order chi connectivity index (χ1) is 29.6. The first-order valence-corrected chi connectivity index (χ1v) is 24.1. The fourth-order valence-electron chi connectivity index (χ4n) is 14.3. The third kappa shape index (κ3) is 10.4. The van der Waals surface area contributed by atoms with Gasteiger partial charge in [0.15, 0.2) is 0 Å². The van der Waals surface area contributed by atoms with Gasteiger partial charge in [0.2, 0.25) is 0 Å². The van der Waals surface area contributed by atoms with Gasteiger partial charge in [0.1, 0.15) is 29.0 Å². The van der Waals surface area contributed by atoms with Crippen molar-refractivity contribution in [1.29, 1.82) is 0 Å². The topological polar surface area (TPSA) is 152 Å². The summed E-state index contributed by atoms with van der Waals surface area (Å²) in [5.41, 5.74) is 0.628. The molecule has 11 saturated carbocycles. The quantitative estimate of drug-likeness (QED) is 0.134. The Morgan fingerprint density at radius 3 is 1.56 bits per heavy atom. The summed E-state index contributed by atoms with van der Waals surface area (Å²) in [7, 11) is 0. The zero-order valence-electron chi connectivity index (χ0n) is 38.8. The second-order valence-electron chi connectivity index (χ2n) is 22.1. The average Bonchev–Trinajstić information content (AvgIpc) is 3.83. The van der Waals surface area contributed by atoms with Gasteiger partial charge in [-0.15, -0.1) is 0 Å². The van der Waals surface area contributed by atoms with Crippen LogP contribution in [0.25, 0.3) is 0 Å². The zero-order valence-corrected chi connectivity index (χ0v) is 38.8. The Bertz CT molecular complexity index is 1820. The molecule has 0 radical (unpaired) electrons. The van der Waals surface area contributed by atoms with Crippen molar-refractivity contribution in [3.8, 4) is 0 Å². The molecular formula is C52H74O11. The van der Waals surface area contributed by atoms with E-state index in [2.05, 4.69) is 33.2 Å². The lowest BCUT2D eigenvalue weighted by Gasteiger charge is -2.59. The summed E-state index contributed by atoms with van der Waals surface area (Å²) in [4.78, 5) is 57.8. The third-order valence-electron chi connectivity index (χ3n) is 16.3. The van der Waals surface area contributed by atoms with E-state index >= 15 is 0 Å². The highest BCUT2D eigenvalue weighted by atomic mass is 16.6. The maximum atomic E-state index is 11.7. The normalized spacial score (nSPS) is 39.4. The molecule has 1 saturated heterocycles. The number of rotatable bonds is 9. The van der Waals surface area contributed by atoms with E-state index in [4.69, 9.17) is 23.7 Å². The van der Waals surface area contributed by atoms with Crippen LogP contribution in [0.15, 0.2) is 48.6 Å². The molecule has 11 heteroatoms. The molecule has 12 aliphatic rings. The van der Waals surface area contributed by atoms with Gasteiger partial charge >= 0.3 is 29.8 Å². The van der Waals surface area contributed by atoms with Gasteiger partial charge in [-0.05, 0) is 173 Å². The molecular weight excluding hydrogens is 801 g/mol. The van der Waals surface area contributed by atoms with Crippen molar-refractivity contribution in [3.63, 3.8) is 0 Å². The smallest absolute Gasteiger partial charge is 0.333 e. The molecule has 11 nitrogen and oxygen atoms in total. The molecule has 12 fully saturated rings. The Labute approximate surface area is 375 Å². The van der Waals surface area contributed by atoms with E-state index in [0.717, 1.165) is 94.8 Å². The Hall–Kier alpha value is -3.73. The summed E-state index contributed by atoms with van der Waals surface area (Å²) < 4.78 is 27.7. The first-order valence-electron chi connectivity index (χ1n) is 24.1. The summed E-state index contributed by atoms with van der Waals surface area (Å²) in [5.74, 6) is 3.01. The minimum Gasteiger partial charge on any atom is -0.458 e. The minimum absolute atomic E-state index is 0.0646. The fraction of sp³-hybridized carbons (Fsp3) is 0.750. The molecule has 0 aromatic rings. The number of ether oxygens (including phenoxy) is 5. The van der Waals surface area contributed by atoms with Crippen molar-refractivity contribution in [2.24, 2.45) is 47.3 Å². The highest BCUT2D eigenvalue weighted by Gasteiger charge is 2.63. The Kier molecular flexibility index (Phi) is 13.7. The summed E-state index contributed by atoms with van der Waals surface area (Å²) >= 11 is 0. The lowest BCUT2D eigenvalue weighted by molar-refractivity contribution is -0.217. The number of esters is 5. The van der Waals surface area contributed by atoms with Crippen molar-refractivity contribution >= 4 is 29.8 Å². The van der Waals surface area contributed by atoms with Crippen LogP contribution in [0.2, 0.25) is 0 Å². The summed E-state index contributed by atoms with van der Waals surface area (Å²) in [6, 6.07) is 0. The predicted molar refractivity (Wildman–Crippen MR) is 236 cm³/mol. The van der Waals surface area contributed by atoms with Crippen molar-refractivity contribution in [2.45, 2.75) is 198 Å². The summed E-state index contributed by atoms with van der Waals surface area (Å²) in [6.07, 6.45) is 20.9. The van der Waals surface area contributed by atoms with Gasteiger partial charge in [-0.3, -0.25) is 4.79 Å². The highest BCUT2D eigenvalue weighted by molar-refractivity contribution is 5.88. The van der Waals surface area contributed by atoms with Crippen LogP contribution in [0.5, 0.6) is 0 Å². The van der Waals surface area contributed by atoms with Gasteiger partial charge in [0, 0.05) is 40.5 Å². The highest BCUT2D eigenvalue weighted by Crippen LogP contribution is 2.60. The van der Waals surface area contributed by atoms with Crippen molar-refractivity contribution in [3.05, 3.63) is 48.6 Å². The lowest BCUT2D eigenvalue weighted by atomic mass is 9.52.